The topological polar surface area (TPSA) is 82.2 Å². The number of carbonyl (C=O) groups is 1. The van der Waals surface area contributed by atoms with E-state index >= 15 is 0 Å². The third-order valence-corrected chi connectivity index (χ3v) is 3.71. The van der Waals surface area contributed by atoms with E-state index in [2.05, 4.69) is 11.4 Å². The maximum Gasteiger partial charge on any atom is 0.241 e. The van der Waals surface area contributed by atoms with Crippen LogP contribution in [0.1, 0.15) is 25.8 Å². The van der Waals surface area contributed by atoms with E-state index < -0.39 is 0 Å². The van der Waals surface area contributed by atoms with Gasteiger partial charge in [-0.25, -0.2) is 0 Å². The minimum absolute atomic E-state index is 0.0303. The summed E-state index contributed by atoms with van der Waals surface area (Å²) < 4.78 is 0. The molecule has 1 aromatic carbocycles. The van der Waals surface area contributed by atoms with Gasteiger partial charge < -0.3 is 11.1 Å². The quantitative estimate of drug-likeness (QED) is 0.806. The summed E-state index contributed by atoms with van der Waals surface area (Å²) in [6, 6.07) is 7.27. The fourth-order valence-corrected chi connectivity index (χ4v) is 1.87. The zero-order valence-electron chi connectivity index (χ0n) is 12.5. The van der Waals surface area contributed by atoms with Gasteiger partial charge in [0.1, 0.15) is 0 Å². The second kappa shape index (κ2) is 6.92. The number of nitrogen functional groups attached to an aromatic ring is 1. The SMILES string of the molecule is Cc1c(N)cccc1NC(=O)C(C)N(C)C(C)CC#N. The van der Waals surface area contributed by atoms with Crippen LogP contribution in [0.25, 0.3) is 0 Å². The highest BCUT2D eigenvalue weighted by atomic mass is 16.2. The van der Waals surface area contributed by atoms with Gasteiger partial charge in [0.25, 0.3) is 0 Å². The maximum atomic E-state index is 12.2. The van der Waals surface area contributed by atoms with Crippen molar-refractivity contribution in [1.29, 1.82) is 5.26 Å². The number of likely N-dealkylation sites (N-methyl/N-ethyl adjacent to an activating group) is 1. The fourth-order valence-electron chi connectivity index (χ4n) is 1.87. The lowest BCUT2D eigenvalue weighted by Crippen LogP contribution is -2.44. The molecule has 0 saturated carbocycles. The smallest absolute Gasteiger partial charge is 0.241 e. The molecule has 0 fully saturated rings. The van der Waals surface area contributed by atoms with Crippen LogP contribution in [0.3, 0.4) is 0 Å². The molecule has 0 bridgehead atoms. The number of amides is 1. The van der Waals surface area contributed by atoms with E-state index in [4.69, 9.17) is 11.0 Å². The lowest BCUT2D eigenvalue weighted by molar-refractivity contribution is -0.120. The van der Waals surface area contributed by atoms with Gasteiger partial charge in [-0.05, 0) is 45.5 Å². The average Bonchev–Trinajstić information content (AvgIpc) is 2.42. The molecule has 0 radical (unpaired) electrons. The monoisotopic (exact) mass is 274 g/mol. The molecule has 1 aromatic rings. The standard InChI is InChI=1S/C15H22N4O/c1-10(8-9-16)19(4)12(3)15(20)18-14-7-5-6-13(17)11(14)2/h5-7,10,12H,8,17H2,1-4H3,(H,18,20). The van der Waals surface area contributed by atoms with Crippen molar-refractivity contribution in [2.75, 3.05) is 18.1 Å². The molecule has 0 aliphatic carbocycles. The number of nitriles is 1. The molecule has 0 aliphatic rings. The molecular weight excluding hydrogens is 252 g/mol. The fraction of sp³-hybridized carbons (Fsp3) is 0.467. The molecule has 108 valence electrons. The molecule has 5 heteroatoms. The zero-order valence-corrected chi connectivity index (χ0v) is 12.5. The molecular formula is C15H22N4O. The Hall–Kier alpha value is -2.06. The summed E-state index contributed by atoms with van der Waals surface area (Å²) in [4.78, 5) is 14.1. The maximum absolute atomic E-state index is 12.2. The second-order valence-electron chi connectivity index (χ2n) is 5.06. The molecule has 5 nitrogen and oxygen atoms in total. The number of nitrogens with two attached hydrogens (primary N) is 1. The van der Waals surface area contributed by atoms with E-state index in [1.54, 1.807) is 6.07 Å². The Morgan fingerprint density at radius 2 is 2.15 bits per heavy atom. The van der Waals surface area contributed by atoms with Crippen molar-refractivity contribution in [1.82, 2.24) is 4.90 Å². The summed E-state index contributed by atoms with van der Waals surface area (Å²) in [5.74, 6) is -0.106. The van der Waals surface area contributed by atoms with E-state index in [1.807, 2.05) is 44.9 Å². The van der Waals surface area contributed by atoms with Crippen LogP contribution in [0.15, 0.2) is 18.2 Å². The van der Waals surface area contributed by atoms with Gasteiger partial charge in [0.2, 0.25) is 5.91 Å². The summed E-state index contributed by atoms with van der Waals surface area (Å²) in [6.07, 6.45) is 0.394. The number of benzene rings is 1. The number of rotatable bonds is 5. The van der Waals surface area contributed by atoms with Gasteiger partial charge in [-0.15, -0.1) is 0 Å². The van der Waals surface area contributed by atoms with Crippen LogP contribution in [0.4, 0.5) is 11.4 Å². The molecule has 0 aromatic heterocycles. The minimum atomic E-state index is -0.320. The first-order valence-corrected chi connectivity index (χ1v) is 6.63. The second-order valence-corrected chi connectivity index (χ2v) is 5.06. The third-order valence-electron chi connectivity index (χ3n) is 3.71. The molecule has 20 heavy (non-hydrogen) atoms. The summed E-state index contributed by atoms with van der Waals surface area (Å²) >= 11 is 0. The van der Waals surface area contributed by atoms with Gasteiger partial charge >= 0.3 is 0 Å². The van der Waals surface area contributed by atoms with Crippen molar-refractivity contribution in [3.8, 4) is 6.07 Å². The Bertz CT molecular complexity index is 521. The first-order valence-electron chi connectivity index (χ1n) is 6.63. The Labute approximate surface area is 120 Å². The van der Waals surface area contributed by atoms with Gasteiger partial charge in [-0.3, -0.25) is 9.69 Å². The van der Waals surface area contributed by atoms with E-state index in [0.29, 0.717) is 12.1 Å². The third kappa shape index (κ3) is 3.72. The number of nitrogens with zero attached hydrogens (tertiary/aromatic N) is 2. The van der Waals surface area contributed by atoms with Crippen LogP contribution >= 0.6 is 0 Å². The predicted molar refractivity (Wildman–Crippen MR) is 81.1 cm³/mol. The van der Waals surface area contributed by atoms with Crippen molar-refractivity contribution >= 4 is 17.3 Å². The van der Waals surface area contributed by atoms with Crippen molar-refractivity contribution in [2.45, 2.75) is 39.3 Å². The molecule has 1 rings (SSSR count). The molecule has 0 saturated heterocycles. The molecule has 3 N–H and O–H groups in total. The number of nitrogens with one attached hydrogen (secondary N) is 1. The zero-order chi connectivity index (χ0) is 15.3. The number of anilines is 2. The summed E-state index contributed by atoms with van der Waals surface area (Å²) in [5, 5.41) is 11.6. The van der Waals surface area contributed by atoms with Crippen molar-refractivity contribution < 1.29 is 4.79 Å². The number of carbonyl (C=O) groups excluding carboxylic acids is 1. The van der Waals surface area contributed by atoms with Crippen LogP contribution in [0.5, 0.6) is 0 Å². The average molecular weight is 274 g/mol. The number of hydrogen-bond acceptors (Lipinski definition) is 4. The van der Waals surface area contributed by atoms with Crippen molar-refractivity contribution in [3.05, 3.63) is 23.8 Å². The van der Waals surface area contributed by atoms with E-state index in [-0.39, 0.29) is 18.0 Å². The Balaban J connectivity index is 2.76. The summed E-state index contributed by atoms with van der Waals surface area (Å²) in [5.41, 5.74) is 8.06. The largest absolute Gasteiger partial charge is 0.398 e. The van der Waals surface area contributed by atoms with E-state index in [1.165, 1.54) is 0 Å². The lowest BCUT2D eigenvalue weighted by atomic mass is 10.1. The van der Waals surface area contributed by atoms with Crippen molar-refractivity contribution in [3.63, 3.8) is 0 Å². The van der Waals surface area contributed by atoms with Gasteiger partial charge in [0, 0.05) is 17.4 Å². The molecule has 0 spiro atoms. The Morgan fingerprint density at radius 3 is 2.75 bits per heavy atom. The molecule has 2 unspecified atom stereocenters. The molecule has 0 heterocycles. The Kier molecular flexibility index (Phi) is 5.53. The van der Waals surface area contributed by atoms with Crippen LogP contribution in [0.2, 0.25) is 0 Å². The highest BCUT2D eigenvalue weighted by Gasteiger charge is 2.22. The first-order chi connectivity index (χ1) is 9.38. The summed E-state index contributed by atoms with van der Waals surface area (Å²) in [6.45, 7) is 5.63. The van der Waals surface area contributed by atoms with Gasteiger partial charge in [-0.2, -0.15) is 5.26 Å². The molecule has 2 atom stereocenters. The minimum Gasteiger partial charge on any atom is -0.398 e. The molecule has 1 amide bonds. The normalized spacial score (nSPS) is 13.6. The van der Waals surface area contributed by atoms with Gasteiger partial charge in [-0.1, -0.05) is 6.07 Å². The summed E-state index contributed by atoms with van der Waals surface area (Å²) in [7, 11) is 1.85. The van der Waals surface area contributed by atoms with Crippen LogP contribution in [-0.2, 0) is 4.79 Å². The van der Waals surface area contributed by atoms with Crippen molar-refractivity contribution in [2.24, 2.45) is 0 Å². The van der Waals surface area contributed by atoms with Gasteiger partial charge in [0.15, 0.2) is 0 Å². The van der Waals surface area contributed by atoms with E-state index in [9.17, 15) is 4.79 Å². The first kappa shape index (κ1) is 16.0. The van der Waals surface area contributed by atoms with Gasteiger partial charge in [0.05, 0.1) is 18.5 Å². The van der Waals surface area contributed by atoms with Crippen LogP contribution in [-0.4, -0.2) is 29.9 Å². The van der Waals surface area contributed by atoms with Crippen LogP contribution in [0, 0.1) is 18.3 Å². The highest BCUT2D eigenvalue weighted by molar-refractivity contribution is 5.95. The number of hydrogen-bond donors (Lipinski definition) is 2. The Morgan fingerprint density at radius 1 is 1.50 bits per heavy atom. The lowest BCUT2D eigenvalue weighted by Gasteiger charge is -2.28. The highest BCUT2D eigenvalue weighted by Crippen LogP contribution is 2.21. The molecule has 0 aliphatic heterocycles. The van der Waals surface area contributed by atoms with Crippen LogP contribution < -0.4 is 11.1 Å². The van der Waals surface area contributed by atoms with E-state index in [0.717, 1.165) is 11.3 Å². The predicted octanol–water partition coefficient (Wildman–Crippen LogP) is 2.14.